The Morgan fingerprint density at radius 2 is 1.94 bits per heavy atom. The molecule has 104 valence electrons. The average molecular weight is 254 g/mol. The lowest BCUT2D eigenvalue weighted by atomic mass is 9.73. The predicted molar refractivity (Wildman–Crippen MR) is 71.3 cm³/mol. The first-order valence-corrected chi connectivity index (χ1v) is 7.06. The van der Waals surface area contributed by atoms with E-state index in [0.717, 1.165) is 38.8 Å². The Balaban J connectivity index is 1.82. The topological polar surface area (TPSA) is 50.4 Å². The van der Waals surface area contributed by atoms with Gasteiger partial charge in [-0.3, -0.25) is 4.79 Å². The molecule has 1 saturated carbocycles. The summed E-state index contributed by atoms with van der Waals surface area (Å²) in [6.45, 7) is 6.24. The number of methoxy groups -OCH3 is 1. The fourth-order valence-electron chi connectivity index (χ4n) is 3.01. The van der Waals surface area contributed by atoms with Crippen LogP contribution in [0.15, 0.2) is 0 Å². The highest BCUT2D eigenvalue weighted by atomic mass is 16.5. The van der Waals surface area contributed by atoms with Crippen LogP contribution in [0.1, 0.15) is 39.5 Å². The van der Waals surface area contributed by atoms with E-state index in [2.05, 4.69) is 24.5 Å². The van der Waals surface area contributed by atoms with E-state index in [4.69, 9.17) is 4.74 Å². The van der Waals surface area contributed by atoms with Crippen LogP contribution in [0.4, 0.5) is 0 Å². The lowest BCUT2D eigenvalue weighted by Crippen LogP contribution is -2.46. The third-order valence-electron chi connectivity index (χ3n) is 4.50. The van der Waals surface area contributed by atoms with Crippen molar-refractivity contribution in [2.24, 2.45) is 11.3 Å². The quantitative estimate of drug-likeness (QED) is 0.798. The second-order valence-corrected chi connectivity index (χ2v) is 6.49. The summed E-state index contributed by atoms with van der Waals surface area (Å²) in [5.74, 6) is 0.428. The fraction of sp³-hybridized carbons (Fsp3) is 0.929. The highest BCUT2D eigenvalue weighted by Gasteiger charge is 2.34. The Bertz CT molecular complexity index is 294. The van der Waals surface area contributed by atoms with Crippen LogP contribution in [-0.4, -0.2) is 38.3 Å². The Morgan fingerprint density at radius 1 is 1.28 bits per heavy atom. The van der Waals surface area contributed by atoms with Crippen LogP contribution in [0.2, 0.25) is 0 Å². The molecule has 0 spiro atoms. The molecule has 2 rings (SSSR count). The third kappa shape index (κ3) is 3.23. The first kappa shape index (κ1) is 13.8. The molecule has 4 heteroatoms. The molecule has 1 unspecified atom stereocenters. The van der Waals surface area contributed by atoms with Gasteiger partial charge < -0.3 is 15.4 Å². The molecule has 2 aliphatic rings. The first-order valence-electron chi connectivity index (χ1n) is 7.06. The largest absolute Gasteiger partial charge is 0.378 e. The number of rotatable bonds is 3. The Kier molecular flexibility index (Phi) is 4.28. The van der Waals surface area contributed by atoms with Gasteiger partial charge in [0.25, 0.3) is 0 Å². The van der Waals surface area contributed by atoms with Crippen LogP contribution in [-0.2, 0) is 9.53 Å². The molecule has 2 N–H and O–H groups in total. The number of amides is 1. The summed E-state index contributed by atoms with van der Waals surface area (Å²) in [5.41, 5.74) is 0.417. The van der Waals surface area contributed by atoms with Crippen LogP contribution in [0.5, 0.6) is 0 Å². The van der Waals surface area contributed by atoms with E-state index in [0.29, 0.717) is 5.41 Å². The van der Waals surface area contributed by atoms with E-state index < -0.39 is 0 Å². The summed E-state index contributed by atoms with van der Waals surface area (Å²) in [6, 6.07) is 0.137. The Labute approximate surface area is 110 Å². The highest BCUT2D eigenvalue weighted by molar-refractivity contribution is 5.79. The van der Waals surface area contributed by atoms with Crippen LogP contribution >= 0.6 is 0 Å². The molecule has 1 amide bonds. The number of hydrogen-bond acceptors (Lipinski definition) is 3. The molecular weight excluding hydrogens is 228 g/mol. The summed E-state index contributed by atoms with van der Waals surface area (Å²) < 4.78 is 5.37. The van der Waals surface area contributed by atoms with Gasteiger partial charge >= 0.3 is 0 Å². The molecule has 18 heavy (non-hydrogen) atoms. The molecule has 2 atom stereocenters. The third-order valence-corrected chi connectivity index (χ3v) is 4.50. The van der Waals surface area contributed by atoms with Crippen molar-refractivity contribution in [3.05, 3.63) is 0 Å². The zero-order chi connectivity index (χ0) is 13.2. The zero-order valence-electron chi connectivity index (χ0n) is 11.8. The van der Waals surface area contributed by atoms with Gasteiger partial charge in [0.2, 0.25) is 5.91 Å². The van der Waals surface area contributed by atoms with Crippen LogP contribution in [0.3, 0.4) is 0 Å². The zero-order valence-corrected chi connectivity index (χ0v) is 11.8. The van der Waals surface area contributed by atoms with Crippen molar-refractivity contribution in [3.8, 4) is 0 Å². The number of ether oxygens (including phenoxy) is 1. The average Bonchev–Trinajstić information content (AvgIpc) is 2.76. The molecule has 0 radical (unpaired) electrons. The summed E-state index contributed by atoms with van der Waals surface area (Å²) in [4.78, 5) is 12.2. The van der Waals surface area contributed by atoms with Gasteiger partial charge in [0.1, 0.15) is 0 Å². The van der Waals surface area contributed by atoms with Crippen molar-refractivity contribution in [2.45, 2.75) is 51.7 Å². The van der Waals surface area contributed by atoms with Crippen molar-refractivity contribution < 1.29 is 9.53 Å². The molecule has 0 aromatic rings. The first-order chi connectivity index (χ1) is 8.52. The molecule has 0 bridgehead atoms. The molecule has 2 fully saturated rings. The van der Waals surface area contributed by atoms with Crippen molar-refractivity contribution in [1.29, 1.82) is 0 Å². The van der Waals surface area contributed by atoms with Gasteiger partial charge in [-0.05, 0) is 31.1 Å². The van der Waals surface area contributed by atoms with Crippen LogP contribution in [0, 0.1) is 11.3 Å². The normalized spacial score (nSPS) is 32.4. The predicted octanol–water partition coefficient (Wildman–Crippen LogP) is 1.31. The maximum absolute atomic E-state index is 12.2. The molecule has 0 aromatic carbocycles. The van der Waals surface area contributed by atoms with E-state index in [1.54, 1.807) is 7.11 Å². The summed E-state index contributed by atoms with van der Waals surface area (Å²) >= 11 is 0. The molecule has 1 heterocycles. The highest BCUT2D eigenvalue weighted by Crippen LogP contribution is 2.38. The summed E-state index contributed by atoms with van der Waals surface area (Å²) in [7, 11) is 1.71. The van der Waals surface area contributed by atoms with E-state index in [1.165, 1.54) is 0 Å². The molecule has 0 aromatic heterocycles. The van der Waals surface area contributed by atoms with Gasteiger partial charge in [-0.2, -0.15) is 0 Å². The molecule has 1 saturated heterocycles. The van der Waals surface area contributed by atoms with E-state index in [-0.39, 0.29) is 24.0 Å². The van der Waals surface area contributed by atoms with Crippen LogP contribution < -0.4 is 10.6 Å². The SMILES string of the molecule is CO[C@H]1CNCC1NC(=O)C1CCC(C)(C)CC1. The van der Waals surface area contributed by atoms with Crippen molar-refractivity contribution in [2.75, 3.05) is 20.2 Å². The van der Waals surface area contributed by atoms with Crippen molar-refractivity contribution >= 4 is 5.91 Å². The van der Waals surface area contributed by atoms with Crippen molar-refractivity contribution in [1.82, 2.24) is 10.6 Å². The van der Waals surface area contributed by atoms with Crippen molar-refractivity contribution in [3.63, 3.8) is 0 Å². The van der Waals surface area contributed by atoms with Gasteiger partial charge in [0.15, 0.2) is 0 Å². The minimum Gasteiger partial charge on any atom is -0.378 e. The maximum Gasteiger partial charge on any atom is 0.223 e. The minimum absolute atomic E-state index is 0.119. The lowest BCUT2D eigenvalue weighted by molar-refractivity contribution is -0.128. The Morgan fingerprint density at radius 3 is 2.56 bits per heavy atom. The molecule has 4 nitrogen and oxygen atoms in total. The van der Waals surface area contributed by atoms with E-state index in [9.17, 15) is 4.79 Å². The summed E-state index contributed by atoms with van der Waals surface area (Å²) in [5, 5.41) is 6.41. The monoisotopic (exact) mass is 254 g/mol. The number of carbonyl (C=O) groups excluding carboxylic acids is 1. The molecule has 1 aliphatic heterocycles. The van der Waals surface area contributed by atoms with Gasteiger partial charge in [0, 0.05) is 26.1 Å². The van der Waals surface area contributed by atoms with Crippen LogP contribution in [0.25, 0.3) is 0 Å². The van der Waals surface area contributed by atoms with Gasteiger partial charge in [-0.1, -0.05) is 13.8 Å². The number of nitrogens with one attached hydrogen (secondary N) is 2. The lowest BCUT2D eigenvalue weighted by Gasteiger charge is -2.34. The number of hydrogen-bond donors (Lipinski definition) is 2. The maximum atomic E-state index is 12.2. The smallest absolute Gasteiger partial charge is 0.223 e. The van der Waals surface area contributed by atoms with E-state index in [1.807, 2.05) is 0 Å². The van der Waals surface area contributed by atoms with Gasteiger partial charge in [-0.15, -0.1) is 0 Å². The van der Waals surface area contributed by atoms with Gasteiger partial charge in [-0.25, -0.2) is 0 Å². The second-order valence-electron chi connectivity index (χ2n) is 6.49. The molecule has 1 aliphatic carbocycles. The molecular formula is C14H26N2O2. The Hall–Kier alpha value is -0.610. The van der Waals surface area contributed by atoms with E-state index >= 15 is 0 Å². The second kappa shape index (κ2) is 5.57. The standard InChI is InChI=1S/C14H26N2O2/c1-14(2)6-4-10(5-7-14)13(17)16-11-8-15-9-12(11)18-3/h10-12,15H,4-9H2,1-3H3,(H,16,17)/t11?,12-/m0/s1. The van der Waals surface area contributed by atoms with Gasteiger partial charge in [0.05, 0.1) is 12.1 Å². The minimum atomic E-state index is 0.119. The number of carbonyl (C=O) groups is 1. The summed E-state index contributed by atoms with van der Waals surface area (Å²) in [6.07, 6.45) is 4.48. The fourth-order valence-corrected chi connectivity index (χ4v) is 3.01.